The summed E-state index contributed by atoms with van der Waals surface area (Å²) in [6, 6.07) is -1.02. The molecule has 18 heteroatoms. The van der Waals surface area contributed by atoms with Gasteiger partial charge in [0.25, 0.3) is 11.8 Å². The van der Waals surface area contributed by atoms with Crippen molar-refractivity contribution in [3.63, 3.8) is 0 Å². The van der Waals surface area contributed by atoms with Crippen LogP contribution in [0.15, 0.2) is 26.5 Å². The number of nitrogens with one attached hydrogen (secondary N) is 2. The minimum atomic E-state index is -1.49. The van der Waals surface area contributed by atoms with E-state index >= 15 is 0 Å². The number of carbonyl (C=O) groups excluding carboxylic acids is 4. The van der Waals surface area contributed by atoms with Crippen LogP contribution in [-0.4, -0.2) is 72.4 Å². The number of carboxylic acids is 1. The molecule has 1 saturated heterocycles. The minimum Gasteiger partial charge on any atom is -0.543 e. The maximum absolute atomic E-state index is 12.8. The summed E-state index contributed by atoms with van der Waals surface area (Å²) in [5, 5.41) is 32.5. The Morgan fingerprint density at radius 3 is 2.70 bits per heavy atom. The van der Waals surface area contributed by atoms with Crippen molar-refractivity contribution in [2.75, 3.05) is 22.6 Å². The van der Waals surface area contributed by atoms with Gasteiger partial charge in [-0.2, -0.15) is 0 Å². The van der Waals surface area contributed by atoms with Gasteiger partial charge in [0, 0.05) is 34.1 Å². The van der Waals surface area contributed by atoms with E-state index in [4.69, 9.17) is 5.73 Å². The molecule has 4 heterocycles. The standard InChI is InChI=1S/C19H19N7O6S4.Na/c1-7(27)21-19-22-8(4-36-19)2-3-33-10-6-34-16-12(15(29)26(16)13(10)17(30)31)24-14(28)11(25-32)9-5-35-18(20)23-9;/h4-5,12,16,32H,2-3,6H2,1H3,(H2,20,23)(H,24,28)(H,30,31)(H,21,22,27);/q;+1/p-1/b25-11-;/t12-,16-;/m1./s1. The van der Waals surface area contributed by atoms with Crippen LogP contribution < -0.4 is 51.0 Å². The van der Waals surface area contributed by atoms with Gasteiger partial charge in [-0.1, -0.05) is 5.16 Å². The number of amides is 3. The van der Waals surface area contributed by atoms with Gasteiger partial charge in [-0.15, -0.1) is 46.2 Å². The summed E-state index contributed by atoms with van der Waals surface area (Å²) in [7, 11) is 0. The summed E-state index contributed by atoms with van der Waals surface area (Å²) in [5.41, 5.74) is 5.72. The van der Waals surface area contributed by atoms with E-state index in [-0.39, 0.29) is 52.0 Å². The Labute approximate surface area is 248 Å². The van der Waals surface area contributed by atoms with Crippen molar-refractivity contribution in [1.29, 1.82) is 0 Å². The fourth-order valence-corrected chi connectivity index (χ4v) is 7.37. The number of fused-ring (bicyclic) bond motifs is 1. The van der Waals surface area contributed by atoms with Crippen LogP contribution in [0.25, 0.3) is 0 Å². The average Bonchev–Trinajstić information content (AvgIpc) is 3.45. The average molecular weight is 592 g/mol. The van der Waals surface area contributed by atoms with E-state index in [1.165, 1.54) is 47.2 Å². The number of thioether (sulfide) groups is 2. The van der Waals surface area contributed by atoms with Gasteiger partial charge in [-0.05, 0) is 6.42 Å². The summed E-state index contributed by atoms with van der Waals surface area (Å²) < 4.78 is 0. The molecule has 0 aliphatic carbocycles. The Bertz CT molecular complexity index is 1300. The first-order chi connectivity index (χ1) is 17.2. The molecule has 0 bridgehead atoms. The van der Waals surface area contributed by atoms with Crippen LogP contribution in [0.5, 0.6) is 0 Å². The number of β-lactam (4-membered cyclic amide) rings is 1. The molecule has 37 heavy (non-hydrogen) atoms. The molecular formula is C19H18N7NaO6S4. The first-order valence-electron chi connectivity index (χ1n) is 10.2. The second kappa shape index (κ2) is 12.6. The topological polar surface area (TPSA) is 203 Å². The van der Waals surface area contributed by atoms with Crippen LogP contribution in [0.2, 0.25) is 0 Å². The van der Waals surface area contributed by atoms with Gasteiger partial charge in [0.05, 0.1) is 17.4 Å². The molecule has 2 atom stereocenters. The van der Waals surface area contributed by atoms with Crippen LogP contribution in [-0.2, 0) is 25.6 Å². The third-order valence-corrected chi connectivity index (χ3v) is 9.00. The SMILES string of the molecule is CC(=O)Nc1nc(CCSC2=C(C(=O)[O-])N3C(=O)[C@@H](NC(=O)/C(=N\O)c4csc(N)n4)[C@H]3SC2)cs1.[Na+]. The fraction of sp³-hybridized carbons (Fsp3) is 0.316. The van der Waals surface area contributed by atoms with E-state index < -0.39 is 34.9 Å². The van der Waals surface area contributed by atoms with Crippen molar-refractivity contribution < 1.29 is 59.0 Å². The largest absolute Gasteiger partial charge is 1.00 e. The van der Waals surface area contributed by atoms with Gasteiger partial charge in [0.2, 0.25) is 5.91 Å². The molecule has 0 unspecified atom stereocenters. The third-order valence-electron chi connectivity index (χ3n) is 4.96. The smallest absolute Gasteiger partial charge is 0.543 e. The number of nitrogens with two attached hydrogens (primary N) is 1. The van der Waals surface area contributed by atoms with E-state index in [9.17, 15) is 29.5 Å². The number of aromatic nitrogens is 2. The van der Waals surface area contributed by atoms with Crippen LogP contribution in [0, 0.1) is 0 Å². The zero-order valence-electron chi connectivity index (χ0n) is 19.4. The number of nitrogens with zero attached hydrogens (tertiary/aromatic N) is 4. The maximum atomic E-state index is 12.8. The molecule has 13 nitrogen and oxygen atoms in total. The Morgan fingerprint density at radius 2 is 2.08 bits per heavy atom. The van der Waals surface area contributed by atoms with Crippen molar-refractivity contribution in [1.82, 2.24) is 20.2 Å². The quantitative estimate of drug-likeness (QED) is 0.0746. The monoisotopic (exact) mass is 591 g/mol. The number of nitrogen functional groups attached to an aromatic ring is 1. The molecule has 0 radical (unpaired) electrons. The second-order valence-electron chi connectivity index (χ2n) is 7.36. The van der Waals surface area contributed by atoms with E-state index in [0.717, 1.165) is 21.9 Å². The minimum absolute atomic E-state index is 0. The predicted molar refractivity (Wildman–Crippen MR) is 134 cm³/mol. The van der Waals surface area contributed by atoms with Gasteiger partial charge in [0.1, 0.15) is 17.1 Å². The molecule has 2 aromatic rings. The molecular weight excluding hydrogens is 574 g/mol. The van der Waals surface area contributed by atoms with Crippen molar-refractivity contribution in [3.8, 4) is 0 Å². The summed E-state index contributed by atoms with van der Waals surface area (Å²) >= 11 is 4.92. The molecule has 0 spiro atoms. The van der Waals surface area contributed by atoms with E-state index in [2.05, 4.69) is 25.8 Å². The number of carbonyl (C=O) groups is 4. The molecule has 2 aliphatic rings. The molecule has 3 amide bonds. The Kier molecular flexibility index (Phi) is 10.0. The third kappa shape index (κ3) is 6.47. The molecule has 190 valence electrons. The van der Waals surface area contributed by atoms with E-state index in [1.807, 2.05) is 5.38 Å². The van der Waals surface area contributed by atoms with Gasteiger partial charge >= 0.3 is 29.6 Å². The summed E-state index contributed by atoms with van der Waals surface area (Å²) in [6.07, 6.45) is 0.524. The normalized spacial score (nSPS) is 19.0. The molecule has 2 aliphatic heterocycles. The predicted octanol–water partition coefficient (Wildman–Crippen LogP) is -3.34. The van der Waals surface area contributed by atoms with Crippen LogP contribution >= 0.6 is 46.2 Å². The first-order valence-corrected chi connectivity index (χ1v) is 14.0. The van der Waals surface area contributed by atoms with Crippen LogP contribution in [0.4, 0.5) is 10.3 Å². The number of anilines is 2. The van der Waals surface area contributed by atoms with Gasteiger partial charge in [0.15, 0.2) is 16.0 Å². The van der Waals surface area contributed by atoms with Crippen molar-refractivity contribution in [3.05, 3.63) is 32.8 Å². The van der Waals surface area contributed by atoms with Crippen molar-refractivity contribution in [2.24, 2.45) is 5.16 Å². The Morgan fingerprint density at radius 1 is 1.32 bits per heavy atom. The van der Waals surface area contributed by atoms with Crippen LogP contribution in [0.3, 0.4) is 0 Å². The number of hydrogen-bond acceptors (Lipinski definition) is 14. The van der Waals surface area contributed by atoms with Crippen LogP contribution in [0.1, 0.15) is 18.3 Å². The number of rotatable bonds is 9. The zero-order valence-corrected chi connectivity index (χ0v) is 24.7. The molecule has 0 aromatic carbocycles. The molecule has 1 fully saturated rings. The number of aryl methyl sites for hydroxylation is 1. The zero-order chi connectivity index (χ0) is 26.0. The number of carboxylic acid groups (broad SMARTS) is 1. The molecule has 5 N–H and O–H groups in total. The molecule has 4 rings (SSSR count). The van der Waals surface area contributed by atoms with Gasteiger partial charge in [-0.25, -0.2) is 9.97 Å². The van der Waals surface area contributed by atoms with Gasteiger partial charge < -0.3 is 31.5 Å². The van der Waals surface area contributed by atoms with E-state index in [0.29, 0.717) is 28.0 Å². The Balaban J connectivity index is 0.00000380. The second-order valence-corrected chi connectivity index (χ2v) is 11.4. The Hall–Kier alpha value is -2.15. The number of hydrogen-bond donors (Lipinski definition) is 4. The van der Waals surface area contributed by atoms with Gasteiger partial charge in [-0.3, -0.25) is 19.3 Å². The fourth-order valence-electron chi connectivity index (χ4n) is 3.42. The maximum Gasteiger partial charge on any atom is 1.00 e. The van der Waals surface area contributed by atoms with Crippen molar-refractivity contribution in [2.45, 2.75) is 24.8 Å². The first kappa shape index (κ1) is 29.4. The number of thiazole rings is 2. The summed E-state index contributed by atoms with van der Waals surface area (Å²) in [6.45, 7) is 1.39. The van der Waals surface area contributed by atoms with Crippen molar-refractivity contribution >= 4 is 85.9 Å². The van der Waals surface area contributed by atoms with E-state index in [1.54, 1.807) is 0 Å². The summed E-state index contributed by atoms with van der Waals surface area (Å²) in [4.78, 5) is 58.2. The summed E-state index contributed by atoms with van der Waals surface area (Å²) in [5.74, 6) is -2.38. The molecule has 0 saturated carbocycles. The number of aliphatic carboxylic acids is 1. The number of oxime groups is 1. The molecule has 2 aromatic heterocycles.